The Balaban J connectivity index is 1.64. The molecule has 2 atom stereocenters. The molecule has 2 unspecified atom stereocenters. The van der Waals surface area contributed by atoms with Crippen LogP contribution in [0.2, 0.25) is 5.02 Å². The molecule has 0 fully saturated rings. The molecule has 0 aliphatic heterocycles. The smallest absolute Gasteiger partial charge is 0.335 e. The summed E-state index contributed by atoms with van der Waals surface area (Å²) in [5.41, 5.74) is 3.26. The van der Waals surface area contributed by atoms with Crippen molar-refractivity contribution >= 4 is 35.7 Å². The Bertz CT molecular complexity index is 1520. The van der Waals surface area contributed by atoms with Crippen LogP contribution in [0, 0.1) is 16.4 Å². The number of hydrogen-bond donors (Lipinski definition) is 2. The van der Waals surface area contributed by atoms with E-state index in [1.54, 1.807) is 0 Å². The van der Waals surface area contributed by atoms with E-state index in [1.807, 2.05) is 12.1 Å². The average molecular weight is 473 g/mol. The topological polar surface area (TPSA) is 74.6 Å². The van der Waals surface area contributed by atoms with Crippen molar-refractivity contribution in [3.8, 4) is 0 Å². The molecule has 0 aromatic heterocycles. The van der Waals surface area contributed by atoms with E-state index in [-0.39, 0.29) is 17.0 Å². The third-order valence-corrected chi connectivity index (χ3v) is 7.41. The van der Waals surface area contributed by atoms with E-state index in [0.29, 0.717) is 17.9 Å². The first-order valence-corrected chi connectivity index (χ1v) is 12.0. The Morgan fingerprint density at radius 1 is 0.941 bits per heavy atom. The summed E-state index contributed by atoms with van der Waals surface area (Å²) < 4.78 is 0. The maximum absolute atomic E-state index is 11.8. The predicted octanol–water partition coefficient (Wildman–Crippen LogP) is 4.90. The SMILES string of the molecule is CCC1C=c2cc(Cl)ccc2=c2ccc3c(c21)CCC(Cc1c(C(=O)O)cccc1C(=O)O)C=3. The molecule has 3 aromatic carbocycles. The Morgan fingerprint density at radius 2 is 1.65 bits per heavy atom. The van der Waals surface area contributed by atoms with E-state index in [2.05, 4.69) is 37.3 Å². The van der Waals surface area contributed by atoms with Crippen LogP contribution in [0.3, 0.4) is 0 Å². The van der Waals surface area contributed by atoms with Gasteiger partial charge in [-0.25, -0.2) is 9.59 Å². The zero-order valence-corrected chi connectivity index (χ0v) is 19.6. The second kappa shape index (κ2) is 8.77. The average Bonchev–Trinajstić information content (AvgIpc) is 2.82. The molecule has 34 heavy (non-hydrogen) atoms. The van der Waals surface area contributed by atoms with Gasteiger partial charge < -0.3 is 10.2 Å². The van der Waals surface area contributed by atoms with Crippen LogP contribution >= 0.6 is 11.6 Å². The monoisotopic (exact) mass is 472 g/mol. The van der Waals surface area contributed by atoms with Crippen LogP contribution in [0.25, 0.3) is 12.2 Å². The summed E-state index contributed by atoms with van der Waals surface area (Å²) in [6.07, 6.45) is 7.63. The molecule has 0 radical (unpaired) electrons. The van der Waals surface area contributed by atoms with Gasteiger partial charge in [-0.3, -0.25) is 0 Å². The normalized spacial score (nSPS) is 18.1. The first kappa shape index (κ1) is 22.4. The first-order valence-electron chi connectivity index (χ1n) is 11.6. The lowest BCUT2D eigenvalue weighted by atomic mass is 9.78. The van der Waals surface area contributed by atoms with Gasteiger partial charge in [0.05, 0.1) is 11.1 Å². The highest BCUT2D eigenvalue weighted by atomic mass is 35.5. The molecule has 4 nitrogen and oxygen atoms in total. The molecule has 0 amide bonds. The Morgan fingerprint density at radius 3 is 2.32 bits per heavy atom. The van der Waals surface area contributed by atoms with Gasteiger partial charge in [0, 0.05) is 10.9 Å². The standard InChI is InChI=1S/C29H25ClO4/c1-2-17-14-19-15-20(30)8-11-21(19)23-10-7-18-12-16(6-9-22(18)27(17)23)13-26-24(28(31)32)4-3-5-25(26)29(33)34/h3-5,7-8,10-12,14-17H,2,6,9,13H2,1H3,(H,31,32)(H,33,34). The van der Waals surface area contributed by atoms with Gasteiger partial charge in [-0.15, -0.1) is 0 Å². The fraction of sp³-hybridized carbons (Fsp3) is 0.241. The van der Waals surface area contributed by atoms with Gasteiger partial charge in [0.15, 0.2) is 0 Å². The highest BCUT2D eigenvalue weighted by Gasteiger charge is 2.25. The molecule has 3 aromatic rings. The van der Waals surface area contributed by atoms with E-state index in [4.69, 9.17) is 11.6 Å². The van der Waals surface area contributed by atoms with Gasteiger partial charge >= 0.3 is 11.9 Å². The zero-order chi connectivity index (χ0) is 24.0. The number of rotatable bonds is 5. The maximum Gasteiger partial charge on any atom is 0.335 e. The quantitative estimate of drug-likeness (QED) is 0.554. The molecule has 172 valence electrons. The lowest BCUT2D eigenvalue weighted by molar-refractivity contribution is 0.0695. The molecule has 0 heterocycles. The zero-order valence-electron chi connectivity index (χ0n) is 18.8. The van der Waals surface area contributed by atoms with E-state index in [0.717, 1.165) is 24.3 Å². The van der Waals surface area contributed by atoms with Crippen molar-refractivity contribution in [1.29, 1.82) is 0 Å². The van der Waals surface area contributed by atoms with Gasteiger partial charge in [-0.1, -0.05) is 54.9 Å². The number of benzene rings is 3. The van der Waals surface area contributed by atoms with Crippen molar-refractivity contribution in [1.82, 2.24) is 0 Å². The Hall–Kier alpha value is -3.37. The Labute approximate surface area is 202 Å². The Kier molecular flexibility index (Phi) is 5.78. The molecule has 0 saturated carbocycles. The van der Waals surface area contributed by atoms with Crippen LogP contribution in [0.1, 0.15) is 63.1 Å². The summed E-state index contributed by atoms with van der Waals surface area (Å²) in [5.74, 6) is -1.80. The van der Waals surface area contributed by atoms with Crippen LogP contribution in [0.15, 0.2) is 48.5 Å². The summed E-state index contributed by atoms with van der Waals surface area (Å²) in [5, 5.41) is 24.8. The van der Waals surface area contributed by atoms with Crippen molar-refractivity contribution in [2.24, 2.45) is 5.92 Å². The number of carboxylic acids is 2. The van der Waals surface area contributed by atoms with Gasteiger partial charge in [0.25, 0.3) is 0 Å². The number of carbonyl (C=O) groups is 2. The fourth-order valence-electron chi connectivity index (χ4n) is 5.61. The molecule has 2 N–H and O–H groups in total. The number of carboxylic acid groups (broad SMARTS) is 2. The van der Waals surface area contributed by atoms with Crippen molar-refractivity contribution < 1.29 is 19.8 Å². The van der Waals surface area contributed by atoms with Crippen LogP contribution < -0.4 is 10.4 Å². The van der Waals surface area contributed by atoms with Gasteiger partial charge in [-0.2, -0.15) is 0 Å². The molecule has 0 spiro atoms. The molecular formula is C29H25ClO4. The molecule has 0 saturated heterocycles. The first-order chi connectivity index (χ1) is 16.4. The predicted molar refractivity (Wildman–Crippen MR) is 133 cm³/mol. The molecule has 5 rings (SSSR count). The third kappa shape index (κ3) is 3.82. The summed E-state index contributed by atoms with van der Waals surface area (Å²) in [6.45, 7) is 2.20. The molecule has 2 aliphatic rings. The lowest BCUT2D eigenvalue weighted by Gasteiger charge is -2.26. The van der Waals surface area contributed by atoms with Crippen molar-refractivity contribution in [3.05, 3.63) is 102 Å². The number of fused-ring (bicyclic) bond motifs is 4. The van der Waals surface area contributed by atoms with E-state index in [9.17, 15) is 19.8 Å². The van der Waals surface area contributed by atoms with Gasteiger partial charge in [0.1, 0.15) is 0 Å². The summed E-state index contributed by atoms with van der Waals surface area (Å²) in [6, 6.07) is 14.9. The van der Waals surface area contributed by atoms with Crippen LogP contribution in [-0.4, -0.2) is 22.2 Å². The van der Waals surface area contributed by atoms with Gasteiger partial charge in [-0.05, 0) is 93.4 Å². The largest absolute Gasteiger partial charge is 0.478 e. The highest BCUT2D eigenvalue weighted by molar-refractivity contribution is 6.30. The molecular weight excluding hydrogens is 448 g/mol. The minimum atomic E-state index is -1.09. The summed E-state index contributed by atoms with van der Waals surface area (Å²) in [7, 11) is 0. The lowest BCUT2D eigenvalue weighted by Crippen LogP contribution is -2.26. The summed E-state index contributed by atoms with van der Waals surface area (Å²) >= 11 is 6.26. The molecule has 5 heteroatoms. The van der Waals surface area contributed by atoms with Crippen LogP contribution in [-0.2, 0) is 12.8 Å². The highest BCUT2D eigenvalue weighted by Crippen LogP contribution is 2.31. The second-order valence-corrected chi connectivity index (χ2v) is 9.56. The fourth-order valence-corrected chi connectivity index (χ4v) is 5.79. The molecule has 2 aliphatic carbocycles. The maximum atomic E-state index is 11.8. The van der Waals surface area contributed by atoms with Crippen molar-refractivity contribution in [3.63, 3.8) is 0 Å². The second-order valence-electron chi connectivity index (χ2n) is 9.12. The van der Waals surface area contributed by atoms with Gasteiger partial charge in [0.2, 0.25) is 0 Å². The van der Waals surface area contributed by atoms with Crippen LogP contribution in [0.5, 0.6) is 0 Å². The van der Waals surface area contributed by atoms with Crippen molar-refractivity contribution in [2.45, 2.75) is 38.5 Å². The molecule has 0 bridgehead atoms. The van der Waals surface area contributed by atoms with E-state index < -0.39 is 11.9 Å². The van der Waals surface area contributed by atoms with E-state index in [1.165, 1.54) is 50.2 Å². The van der Waals surface area contributed by atoms with Crippen molar-refractivity contribution in [2.75, 3.05) is 0 Å². The minimum Gasteiger partial charge on any atom is -0.478 e. The third-order valence-electron chi connectivity index (χ3n) is 7.17. The summed E-state index contributed by atoms with van der Waals surface area (Å²) in [4.78, 5) is 23.5. The minimum absolute atomic E-state index is 0.0699. The number of halogens is 1. The number of aromatic carboxylic acids is 2. The number of hydrogen-bond acceptors (Lipinski definition) is 2. The van der Waals surface area contributed by atoms with Crippen LogP contribution in [0.4, 0.5) is 0 Å². The van der Waals surface area contributed by atoms with E-state index >= 15 is 0 Å².